The molecule has 1 aliphatic heterocycles. The topological polar surface area (TPSA) is 41.7 Å². The minimum atomic E-state index is 0.135. The molecule has 0 amide bonds. The van der Waals surface area contributed by atoms with E-state index in [-0.39, 0.29) is 6.10 Å². The fraction of sp³-hybridized carbons (Fsp3) is 0.600. The molecule has 2 rings (SSSR count). The van der Waals surface area contributed by atoms with Gasteiger partial charge in [0.2, 0.25) is 0 Å². The van der Waals surface area contributed by atoms with Gasteiger partial charge < -0.3 is 20.3 Å². The Morgan fingerprint density at radius 2 is 2.00 bits per heavy atom. The first-order valence-corrected chi connectivity index (χ1v) is 7.55. The summed E-state index contributed by atoms with van der Waals surface area (Å²) in [5.41, 5.74) is 6.53. The van der Waals surface area contributed by atoms with Crippen molar-refractivity contribution in [3.8, 4) is 5.75 Å². The van der Waals surface area contributed by atoms with Gasteiger partial charge in [-0.25, -0.2) is 0 Å². The van der Waals surface area contributed by atoms with Crippen LogP contribution in [0.3, 0.4) is 0 Å². The Morgan fingerprint density at radius 1 is 1.30 bits per heavy atom. The van der Waals surface area contributed by atoms with Crippen LogP contribution < -0.4 is 10.5 Å². The van der Waals surface area contributed by atoms with E-state index in [0.29, 0.717) is 16.5 Å². The average molecular weight is 298 g/mol. The summed E-state index contributed by atoms with van der Waals surface area (Å²) in [5.74, 6) is 0.684. The van der Waals surface area contributed by atoms with Crippen LogP contribution in [0, 0.1) is 0 Å². The Bertz CT molecular complexity index is 433. The van der Waals surface area contributed by atoms with Crippen LogP contribution in [0.5, 0.6) is 5.75 Å². The third-order valence-corrected chi connectivity index (χ3v) is 3.99. The molecule has 1 unspecified atom stereocenters. The number of hydrogen-bond donors (Lipinski definition) is 1. The zero-order chi connectivity index (χ0) is 14.5. The number of halogens is 1. The lowest BCUT2D eigenvalue weighted by Crippen LogP contribution is -2.45. The maximum Gasteiger partial charge on any atom is 0.144 e. The largest absolute Gasteiger partial charge is 0.488 e. The van der Waals surface area contributed by atoms with Crippen molar-refractivity contribution in [3.63, 3.8) is 0 Å². The smallest absolute Gasteiger partial charge is 0.144 e. The number of nitrogens with zero attached hydrogens (tertiary/aromatic N) is 2. The molecule has 1 atom stereocenters. The van der Waals surface area contributed by atoms with Crippen molar-refractivity contribution in [2.24, 2.45) is 0 Å². The molecular weight excluding hydrogens is 274 g/mol. The molecule has 1 aromatic carbocycles. The second kappa shape index (κ2) is 7.16. The average Bonchev–Trinajstić information content (AvgIpc) is 2.42. The van der Waals surface area contributed by atoms with E-state index in [2.05, 4.69) is 23.8 Å². The number of piperazine rings is 1. The first kappa shape index (κ1) is 15.4. The van der Waals surface area contributed by atoms with Gasteiger partial charge in [0.25, 0.3) is 0 Å². The van der Waals surface area contributed by atoms with E-state index in [1.165, 1.54) is 0 Å². The second-order valence-corrected chi connectivity index (χ2v) is 5.98. The van der Waals surface area contributed by atoms with Crippen LogP contribution in [0.15, 0.2) is 18.2 Å². The number of anilines is 1. The third-order valence-electron chi connectivity index (χ3n) is 3.75. The third kappa shape index (κ3) is 4.54. The molecule has 1 aromatic rings. The van der Waals surface area contributed by atoms with Gasteiger partial charge in [0.15, 0.2) is 0 Å². The van der Waals surface area contributed by atoms with Crippen molar-refractivity contribution in [3.05, 3.63) is 23.2 Å². The monoisotopic (exact) mass is 297 g/mol. The molecule has 1 heterocycles. The Hall–Kier alpha value is -0.970. The van der Waals surface area contributed by atoms with E-state index >= 15 is 0 Å². The second-order valence-electron chi connectivity index (χ2n) is 5.54. The van der Waals surface area contributed by atoms with Crippen molar-refractivity contribution in [2.45, 2.75) is 19.4 Å². The van der Waals surface area contributed by atoms with E-state index in [9.17, 15) is 0 Å². The van der Waals surface area contributed by atoms with Gasteiger partial charge in [-0.1, -0.05) is 11.6 Å². The Morgan fingerprint density at radius 3 is 2.70 bits per heavy atom. The van der Waals surface area contributed by atoms with Crippen LogP contribution >= 0.6 is 11.6 Å². The number of hydrogen-bond acceptors (Lipinski definition) is 4. The predicted octanol–water partition coefficient (Wildman–Crippen LogP) is 2.33. The lowest BCUT2D eigenvalue weighted by molar-refractivity contribution is 0.129. The summed E-state index contributed by atoms with van der Waals surface area (Å²) in [7, 11) is 2.17. The quantitative estimate of drug-likeness (QED) is 0.847. The van der Waals surface area contributed by atoms with Crippen LogP contribution in [0.2, 0.25) is 5.02 Å². The molecule has 0 aliphatic carbocycles. The Balaban J connectivity index is 1.77. The van der Waals surface area contributed by atoms with E-state index in [1.54, 1.807) is 18.2 Å². The number of ether oxygens (including phenoxy) is 1. The number of rotatable bonds is 5. The molecule has 0 spiro atoms. The SMILES string of the molecule is CC(CCN1CCN(C)CC1)Oc1cc(Cl)ccc1N. The first-order chi connectivity index (χ1) is 9.54. The molecule has 0 aromatic heterocycles. The van der Waals surface area contributed by atoms with Gasteiger partial charge in [0.05, 0.1) is 11.8 Å². The predicted molar refractivity (Wildman–Crippen MR) is 84.5 cm³/mol. The normalized spacial score (nSPS) is 18.9. The van der Waals surface area contributed by atoms with Crippen molar-refractivity contribution < 1.29 is 4.74 Å². The molecule has 4 nitrogen and oxygen atoms in total. The first-order valence-electron chi connectivity index (χ1n) is 7.17. The highest BCUT2D eigenvalue weighted by atomic mass is 35.5. The molecule has 1 fully saturated rings. The van der Waals surface area contributed by atoms with Gasteiger partial charge in [-0.05, 0) is 32.5 Å². The minimum absolute atomic E-state index is 0.135. The van der Waals surface area contributed by atoms with Crippen LogP contribution in [0.1, 0.15) is 13.3 Å². The number of nitrogens with two attached hydrogens (primary N) is 1. The molecule has 0 radical (unpaired) electrons. The maximum atomic E-state index is 5.96. The van der Waals surface area contributed by atoms with Crippen molar-refractivity contribution >= 4 is 17.3 Å². The zero-order valence-corrected chi connectivity index (χ0v) is 13.1. The van der Waals surface area contributed by atoms with Crippen molar-refractivity contribution in [1.82, 2.24) is 9.80 Å². The summed E-state index contributed by atoms with van der Waals surface area (Å²) < 4.78 is 5.89. The van der Waals surface area contributed by atoms with Gasteiger partial charge in [-0.15, -0.1) is 0 Å². The lowest BCUT2D eigenvalue weighted by Gasteiger charge is -2.32. The van der Waals surface area contributed by atoms with Gasteiger partial charge >= 0.3 is 0 Å². The van der Waals surface area contributed by atoms with E-state index in [4.69, 9.17) is 22.1 Å². The minimum Gasteiger partial charge on any atom is -0.488 e. The summed E-state index contributed by atoms with van der Waals surface area (Å²) in [6.07, 6.45) is 1.13. The molecule has 0 bridgehead atoms. The van der Waals surface area contributed by atoms with Crippen molar-refractivity contribution in [1.29, 1.82) is 0 Å². The highest BCUT2D eigenvalue weighted by molar-refractivity contribution is 6.30. The van der Waals surface area contributed by atoms with Crippen LogP contribution in [-0.2, 0) is 0 Å². The maximum absolute atomic E-state index is 5.96. The molecule has 5 heteroatoms. The molecule has 20 heavy (non-hydrogen) atoms. The summed E-state index contributed by atoms with van der Waals surface area (Å²) in [6.45, 7) is 7.73. The van der Waals surface area contributed by atoms with Gasteiger partial charge in [-0.2, -0.15) is 0 Å². The summed E-state index contributed by atoms with van der Waals surface area (Å²) in [4.78, 5) is 4.85. The highest BCUT2D eigenvalue weighted by Crippen LogP contribution is 2.26. The van der Waals surface area contributed by atoms with Crippen LogP contribution in [0.25, 0.3) is 0 Å². The Kier molecular flexibility index (Phi) is 5.52. The lowest BCUT2D eigenvalue weighted by atomic mass is 10.2. The highest BCUT2D eigenvalue weighted by Gasteiger charge is 2.15. The summed E-state index contributed by atoms with van der Waals surface area (Å²) in [5, 5.41) is 0.653. The van der Waals surface area contributed by atoms with Gasteiger partial charge in [-0.3, -0.25) is 0 Å². The fourth-order valence-corrected chi connectivity index (χ4v) is 2.48. The summed E-state index contributed by atoms with van der Waals surface area (Å²) in [6, 6.07) is 5.34. The van der Waals surface area contributed by atoms with E-state index in [1.807, 2.05) is 0 Å². The van der Waals surface area contributed by atoms with E-state index in [0.717, 1.165) is 39.1 Å². The van der Waals surface area contributed by atoms with Gasteiger partial charge in [0.1, 0.15) is 5.75 Å². The van der Waals surface area contributed by atoms with Crippen LogP contribution in [0.4, 0.5) is 5.69 Å². The fourth-order valence-electron chi connectivity index (χ4n) is 2.32. The zero-order valence-electron chi connectivity index (χ0n) is 12.3. The molecule has 112 valence electrons. The number of likely N-dealkylation sites (N-methyl/N-ethyl adjacent to an activating group) is 1. The molecule has 2 N–H and O–H groups in total. The molecule has 1 saturated heterocycles. The van der Waals surface area contributed by atoms with Crippen molar-refractivity contribution in [2.75, 3.05) is 45.5 Å². The standard InChI is InChI=1S/C15H24ClN3O/c1-12(5-6-19-9-7-18(2)8-10-19)20-15-11-13(16)3-4-14(15)17/h3-4,11-12H,5-10,17H2,1-2H3. The number of nitrogen functional groups attached to an aromatic ring is 1. The summed E-state index contributed by atoms with van der Waals surface area (Å²) >= 11 is 5.96. The van der Waals surface area contributed by atoms with Gasteiger partial charge in [0, 0.05) is 43.8 Å². The Labute approximate surface area is 126 Å². The number of benzene rings is 1. The van der Waals surface area contributed by atoms with E-state index < -0.39 is 0 Å². The molecule has 0 saturated carbocycles. The molecule has 1 aliphatic rings. The van der Waals surface area contributed by atoms with Crippen LogP contribution in [-0.4, -0.2) is 55.7 Å². The molecular formula is C15H24ClN3O.